The van der Waals surface area contributed by atoms with E-state index in [1.54, 1.807) is 0 Å². The number of benzene rings is 1. The first-order valence-electron chi connectivity index (χ1n) is 5.85. The van der Waals surface area contributed by atoms with Crippen molar-refractivity contribution in [1.82, 2.24) is 4.90 Å². The van der Waals surface area contributed by atoms with E-state index in [1.807, 2.05) is 30.0 Å². The number of carbonyl (C=O) groups excluding carboxylic acids is 1. The summed E-state index contributed by atoms with van der Waals surface area (Å²) in [7, 11) is 0. The first kappa shape index (κ1) is 12.4. The Morgan fingerprint density at radius 2 is 2.29 bits per heavy atom. The second kappa shape index (κ2) is 5.08. The van der Waals surface area contributed by atoms with E-state index in [0.717, 1.165) is 28.8 Å². The normalized spacial score (nSPS) is 19.6. The van der Waals surface area contributed by atoms with Gasteiger partial charge >= 0.3 is 0 Å². The molecule has 1 aliphatic rings. The Morgan fingerprint density at radius 3 is 3.00 bits per heavy atom. The maximum Gasteiger partial charge on any atom is 0.263 e. The minimum absolute atomic E-state index is 0.0687. The van der Waals surface area contributed by atoms with Gasteiger partial charge in [-0.05, 0) is 31.5 Å². The van der Waals surface area contributed by atoms with Gasteiger partial charge in [-0.1, -0.05) is 22.9 Å². The van der Waals surface area contributed by atoms with Crippen molar-refractivity contribution in [2.75, 3.05) is 6.54 Å². The van der Waals surface area contributed by atoms with Crippen LogP contribution in [0.1, 0.15) is 25.8 Å². The summed E-state index contributed by atoms with van der Waals surface area (Å²) >= 11 is 3.45. The predicted octanol–water partition coefficient (Wildman–Crippen LogP) is 2.97. The number of carbonyl (C=O) groups is 1. The van der Waals surface area contributed by atoms with Gasteiger partial charge in [0.15, 0.2) is 6.10 Å². The van der Waals surface area contributed by atoms with Gasteiger partial charge in [-0.3, -0.25) is 4.79 Å². The maximum absolute atomic E-state index is 12.1. The minimum Gasteiger partial charge on any atom is -0.481 e. The number of rotatable bonds is 2. The van der Waals surface area contributed by atoms with Crippen LogP contribution in [0.25, 0.3) is 0 Å². The van der Waals surface area contributed by atoms with Gasteiger partial charge in [-0.15, -0.1) is 0 Å². The third-order valence-corrected chi connectivity index (χ3v) is 3.33. The van der Waals surface area contributed by atoms with Crippen LogP contribution in [0, 0.1) is 0 Å². The molecule has 1 amide bonds. The molecule has 0 unspecified atom stereocenters. The molecule has 92 valence electrons. The fourth-order valence-electron chi connectivity index (χ4n) is 2.03. The molecule has 4 heteroatoms. The second-order valence-electron chi connectivity index (χ2n) is 4.27. The number of ether oxygens (including phenoxy) is 1. The molecule has 3 nitrogen and oxygen atoms in total. The lowest BCUT2D eigenvalue weighted by Crippen LogP contribution is -2.38. The highest BCUT2D eigenvalue weighted by Gasteiger charge is 2.27. The zero-order valence-corrected chi connectivity index (χ0v) is 11.7. The zero-order chi connectivity index (χ0) is 12.4. The Kier molecular flexibility index (Phi) is 3.72. The molecule has 1 aromatic rings. The summed E-state index contributed by atoms with van der Waals surface area (Å²) < 4.78 is 6.70. The van der Waals surface area contributed by atoms with Gasteiger partial charge in [0, 0.05) is 23.1 Å². The van der Waals surface area contributed by atoms with Crippen LogP contribution >= 0.6 is 15.9 Å². The average Bonchev–Trinajstić information content (AvgIpc) is 2.40. The third kappa shape index (κ3) is 2.63. The Bertz CT molecular complexity index is 433. The zero-order valence-electron chi connectivity index (χ0n) is 10.1. The highest BCUT2D eigenvalue weighted by atomic mass is 79.9. The maximum atomic E-state index is 12.1. The van der Waals surface area contributed by atoms with Crippen LogP contribution in [0.3, 0.4) is 0 Å². The summed E-state index contributed by atoms with van der Waals surface area (Å²) in [6.45, 7) is 5.29. The number of nitrogens with zero attached hydrogens (tertiary/aromatic N) is 1. The molecule has 17 heavy (non-hydrogen) atoms. The monoisotopic (exact) mass is 297 g/mol. The van der Waals surface area contributed by atoms with Gasteiger partial charge in [-0.25, -0.2) is 0 Å². The fourth-order valence-corrected chi connectivity index (χ4v) is 2.44. The predicted molar refractivity (Wildman–Crippen MR) is 69.9 cm³/mol. The number of fused-ring (bicyclic) bond motifs is 1. The molecule has 0 N–H and O–H groups in total. The summed E-state index contributed by atoms with van der Waals surface area (Å²) in [6, 6.07) is 5.87. The molecule has 0 saturated heterocycles. The minimum atomic E-state index is -0.399. The number of halogens is 1. The molecule has 1 atom stereocenters. The molecule has 1 aliphatic heterocycles. The van der Waals surface area contributed by atoms with Crippen molar-refractivity contribution in [1.29, 1.82) is 0 Å². The van der Waals surface area contributed by atoms with Gasteiger partial charge < -0.3 is 9.64 Å². The fraction of sp³-hybridized carbons (Fsp3) is 0.462. The molecule has 0 aliphatic carbocycles. The van der Waals surface area contributed by atoms with Crippen molar-refractivity contribution in [3.05, 3.63) is 28.2 Å². The van der Waals surface area contributed by atoms with Gasteiger partial charge in [0.1, 0.15) is 5.75 Å². The van der Waals surface area contributed by atoms with E-state index in [-0.39, 0.29) is 5.91 Å². The van der Waals surface area contributed by atoms with E-state index in [9.17, 15) is 4.79 Å². The van der Waals surface area contributed by atoms with Gasteiger partial charge in [0.2, 0.25) is 0 Å². The van der Waals surface area contributed by atoms with Crippen LogP contribution in [0.2, 0.25) is 0 Å². The van der Waals surface area contributed by atoms with Gasteiger partial charge in [0.05, 0.1) is 0 Å². The van der Waals surface area contributed by atoms with E-state index >= 15 is 0 Å². The first-order valence-corrected chi connectivity index (χ1v) is 6.65. The number of hydrogen-bond acceptors (Lipinski definition) is 2. The SMILES string of the molecule is CCCN1Cc2cc(Br)ccc2O[C@@H](C)C1=O. The van der Waals surface area contributed by atoms with Crippen LogP contribution in [-0.2, 0) is 11.3 Å². The molecular formula is C13H16BrNO2. The lowest BCUT2D eigenvalue weighted by Gasteiger charge is -2.21. The van der Waals surface area contributed by atoms with E-state index in [2.05, 4.69) is 22.9 Å². The van der Waals surface area contributed by atoms with Crippen LogP contribution in [0.15, 0.2) is 22.7 Å². The van der Waals surface area contributed by atoms with Gasteiger partial charge in [-0.2, -0.15) is 0 Å². The number of amides is 1. The summed E-state index contributed by atoms with van der Waals surface area (Å²) in [5.74, 6) is 0.881. The average molecular weight is 298 g/mol. The molecule has 0 bridgehead atoms. The Hall–Kier alpha value is -1.03. The molecule has 2 rings (SSSR count). The molecule has 0 fully saturated rings. The lowest BCUT2D eigenvalue weighted by molar-refractivity contribution is -0.137. The largest absolute Gasteiger partial charge is 0.481 e. The van der Waals surface area contributed by atoms with Crippen molar-refractivity contribution >= 4 is 21.8 Å². The Morgan fingerprint density at radius 1 is 1.53 bits per heavy atom. The van der Waals surface area contributed by atoms with E-state index in [1.165, 1.54) is 0 Å². The van der Waals surface area contributed by atoms with Crippen molar-refractivity contribution in [2.45, 2.75) is 32.9 Å². The van der Waals surface area contributed by atoms with Crippen LogP contribution < -0.4 is 4.74 Å². The summed E-state index contributed by atoms with van der Waals surface area (Å²) in [5.41, 5.74) is 1.06. The van der Waals surface area contributed by atoms with Crippen LogP contribution in [0.4, 0.5) is 0 Å². The lowest BCUT2D eigenvalue weighted by atomic mass is 10.2. The highest BCUT2D eigenvalue weighted by molar-refractivity contribution is 9.10. The molecule has 1 heterocycles. The molecule has 0 spiro atoms. The van der Waals surface area contributed by atoms with E-state index in [4.69, 9.17) is 4.74 Å². The molecule has 0 radical (unpaired) electrons. The standard InChI is InChI=1S/C13H16BrNO2/c1-3-6-15-8-10-7-11(14)4-5-12(10)17-9(2)13(15)16/h4-5,7,9H,3,6,8H2,1-2H3/t9-/m0/s1. The van der Waals surface area contributed by atoms with E-state index < -0.39 is 6.10 Å². The Balaban J connectivity index is 2.34. The first-order chi connectivity index (χ1) is 8.11. The highest BCUT2D eigenvalue weighted by Crippen LogP contribution is 2.28. The summed E-state index contributed by atoms with van der Waals surface area (Å²) in [4.78, 5) is 13.9. The Labute approximate surface area is 110 Å². The van der Waals surface area contributed by atoms with Crippen LogP contribution in [-0.4, -0.2) is 23.5 Å². The van der Waals surface area contributed by atoms with Crippen molar-refractivity contribution in [2.24, 2.45) is 0 Å². The third-order valence-electron chi connectivity index (χ3n) is 2.84. The second-order valence-corrected chi connectivity index (χ2v) is 5.19. The molecule has 0 saturated carbocycles. The topological polar surface area (TPSA) is 29.5 Å². The van der Waals surface area contributed by atoms with Gasteiger partial charge in [0.25, 0.3) is 5.91 Å². The van der Waals surface area contributed by atoms with Crippen LogP contribution in [0.5, 0.6) is 5.75 Å². The smallest absolute Gasteiger partial charge is 0.263 e. The van der Waals surface area contributed by atoms with Crippen molar-refractivity contribution in [3.63, 3.8) is 0 Å². The van der Waals surface area contributed by atoms with Crippen molar-refractivity contribution < 1.29 is 9.53 Å². The quantitative estimate of drug-likeness (QED) is 0.840. The molecule has 1 aromatic carbocycles. The molecule has 0 aromatic heterocycles. The van der Waals surface area contributed by atoms with E-state index in [0.29, 0.717) is 6.54 Å². The summed E-state index contributed by atoms with van der Waals surface area (Å²) in [6.07, 6.45) is 0.561. The summed E-state index contributed by atoms with van der Waals surface area (Å²) in [5, 5.41) is 0. The number of hydrogen-bond donors (Lipinski definition) is 0. The van der Waals surface area contributed by atoms with Crippen molar-refractivity contribution in [3.8, 4) is 5.75 Å². The molecular weight excluding hydrogens is 282 g/mol.